The lowest BCUT2D eigenvalue weighted by Gasteiger charge is -2.30. The Balaban J connectivity index is 0.000000114. The Morgan fingerprint density at radius 3 is 1.11 bits per heavy atom. The van der Waals surface area contributed by atoms with E-state index in [-0.39, 0.29) is 120 Å². The summed E-state index contributed by atoms with van der Waals surface area (Å²) in [4.78, 5) is 138. The standard InChI is InChI=1S/C25H23NO4.C24H20FNO3S.C24H21NO4.C24H21NO3S.C20H24N2O3.ClH/c1-15-10-11-20(21(27)12-15)26-14-19-18(25(26)28)7-5-9-23(19)29-16(2)24-13-17-6-3-4-8-22(17)30-24;1-14-8-9-20(21(27)10-14)26-12-18-16(24(26)28)4-2-6-22(18)29-13-15-11-17-19(25)5-3-7-23(17)30-15;1-15-9-10-20(21(26)11-15)25-13-19-18(24(25)27)6-4-8-23(19)28-14-17-12-16-5-2-3-7-22(16)29-17;1-15-9-10-20(21(26)11-15)25-13-19-18(24(25)27)6-4-7-22(19)28-14-17-12-16-5-2-3-8-23(16)29-17;1-13-5-6-17(18(23)11-13)22-12-16-15(20(22)24)3-2-4-19(16)25-14-7-9-21-10-8-14;/h3-9,13,16,20H,1,10-12,14H2,2H3;2-7,11,20H,1,8-10,12-13H2;2*2-8,12,20H,1,9-11,13-14H2;2-4,14,17,21H,1,5-12H2;1H. The van der Waals surface area contributed by atoms with Crippen LogP contribution in [-0.2, 0) is 76.5 Å². The van der Waals surface area contributed by atoms with Gasteiger partial charge in [0.25, 0.3) is 29.5 Å². The van der Waals surface area contributed by atoms with E-state index in [1.54, 1.807) is 60.1 Å². The Labute approximate surface area is 847 Å². The van der Waals surface area contributed by atoms with Crippen LogP contribution in [0.5, 0.6) is 28.7 Å². The number of thiophene rings is 2. The number of ether oxygens (including phenoxy) is 5. The van der Waals surface area contributed by atoms with E-state index in [9.17, 15) is 52.3 Å². The number of rotatable bonds is 19. The fourth-order valence-corrected chi connectivity index (χ4v) is 23.3. The quantitative estimate of drug-likeness (QED) is 0.0737. The summed E-state index contributed by atoms with van der Waals surface area (Å²) in [6.07, 6.45) is 10.9. The fourth-order valence-electron chi connectivity index (χ4n) is 21.3. The van der Waals surface area contributed by atoms with Crippen molar-refractivity contribution in [2.45, 2.75) is 211 Å². The molecular weight excluding hydrogens is 1880 g/mol. The van der Waals surface area contributed by atoms with Crippen LogP contribution in [-0.4, -0.2) is 132 Å². The highest BCUT2D eigenvalue weighted by Crippen LogP contribution is 2.45. The first-order valence-corrected chi connectivity index (χ1v) is 50.6. The molecule has 24 rings (SSSR count). The number of Topliss-reactive ketones (excluding diaryl/α,β-unsaturated/α-hetero) is 5. The Morgan fingerprint density at radius 2 is 0.708 bits per heavy atom. The number of furan rings is 2. The lowest BCUT2D eigenvalue weighted by atomic mass is 9.89. The van der Waals surface area contributed by atoms with Crippen molar-refractivity contribution in [3.8, 4) is 28.7 Å². The molecule has 736 valence electrons. The van der Waals surface area contributed by atoms with Crippen LogP contribution >= 0.6 is 35.1 Å². The third-order valence-corrected chi connectivity index (χ3v) is 31.0. The van der Waals surface area contributed by atoms with Gasteiger partial charge in [-0.3, -0.25) is 47.9 Å². The van der Waals surface area contributed by atoms with Gasteiger partial charge < -0.3 is 62.3 Å². The van der Waals surface area contributed by atoms with Gasteiger partial charge in [-0.2, -0.15) is 0 Å². The molecule has 13 aromatic rings. The normalized spacial score (nSPS) is 20.1. The Bertz CT molecular complexity index is 7100. The first-order chi connectivity index (χ1) is 69.3. The summed E-state index contributed by atoms with van der Waals surface area (Å²) in [5.74, 6) is 4.67. The number of ketones is 5. The number of fused-ring (bicyclic) bond motifs is 9. The minimum atomic E-state index is -0.395. The maximum atomic E-state index is 14.0. The third kappa shape index (κ3) is 20.6. The predicted octanol–water partition coefficient (Wildman–Crippen LogP) is 23.1. The number of carbonyl (C=O) groups is 10. The van der Waals surface area contributed by atoms with E-state index in [0.29, 0.717) is 161 Å². The summed E-state index contributed by atoms with van der Waals surface area (Å²) < 4.78 is 58.4. The second-order valence-corrected chi connectivity index (χ2v) is 40.9. The third-order valence-electron chi connectivity index (χ3n) is 28.8. The Morgan fingerprint density at radius 1 is 0.368 bits per heavy atom. The molecule has 1 saturated heterocycles. The average Bonchev–Trinajstić information content (AvgIpc) is 1.64. The molecule has 1 N–H and O–H groups in total. The van der Waals surface area contributed by atoms with Gasteiger partial charge in [-0.05, 0) is 218 Å². The van der Waals surface area contributed by atoms with Gasteiger partial charge in [-0.25, -0.2) is 4.39 Å². The van der Waals surface area contributed by atoms with Gasteiger partial charge in [0.2, 0.25) is 0 Å². The van der Waals surface area contributed by atoms with Crippen molar-refractivity contribution in [1.29, 1.82) is 0 Å². The van der Waals surface area contributed by atoms with Crippen LogP contribution < -0.4 is 29.0 Å². The van der Waals surface area contributed by atoms with Crippen LogP contribution in [0, 0.1) is 5.82 Å². The molecule has 4 aromatic heterocycles. The highest BCUT2D eigenvalue weighted by Gasteiger charge is 2.46. The molecule has 0 spiro atoms. The van der Waals surface area contributed by atoms with Gasteiger partial charge in [0.05, 0.1) is 62.9 Å². The SMILES string of the molecule is C=C1CCC(N2Cc3c(OC(C)c4cc5ccccc5o4)cccc3C2=O)C(=O)C1.C=C1CCC(N2Cc3c(OC4CCNCC4)cccc3C2=O)C(=O)C1.C=C1CCC(N2Cc3c(OCc4cc5c(F)cccc5s4)cccc3C2=O)C(=O)C1.C=C1CCC(N2Cc3c(OCc4cc5ccccc5o4)cccc3C2=O)C(=O)C1.C=C1CCC(N2Cc3c(OCc4cc5ccccc5s4)cccc3C2=O)C(=O)C1.Cl. The highest BCUT2D eigenvalue weighted by atomic mass is 35.5. The molecule has 0 radical (unpaired) electrons. The van der Waals surface area contributed by atoms with E-state index in [1.807, 2.05) is 165 Å². The Kier molecular flexibility index (Phi) is 29.1. The molecule has 9 aromatic carbocycles. The van der Waals surface area contributed by atoms with E-state index < -0.39 is 6.04 Å². The molecule has 6 atom stereocenters. The van der Waals surface area contributed by atoms with Crippen LogP contribution in [0.25, 0.3) is 42.1 Å². The number of benzene rings is 9. The van der Waals surface area contributed by atoms with Gasteiger partial charge in [-0.15, -0.1) is 35.1 Å². The second-order valence-electron chi connectivity index (χ2n) is 38.6. The molecular formula is C117H110ClFN6O17S2. The maximum absolute atomic E-state index is 14.0. The van der Waals surface area contributed by atoms with Crippen LogP contribution in [0.15, 0.2) is 276 Å². The first-order valence-electron chi connectivity index (χ1n) is 49.0. The minimum Gasteiger partial charge on any atom is -0.490 e. The summed E-state index contributed by atoms with van der Waals surface area (Å²) in [6, 6.07) is 62.7. The molecule has 27 heteroatoms. The molecule has 6 unspecified atom stereocenters. The second kappa shape index (κ2) is 42.6. The molecule has 6 fully saturated rings. The van der Waals surface area contributed by atoms with Crippen molar-refractivity contribution in [3.05, 3.63) is 350 Å². The van der Waals surface area contributed by atoms with Crippen molar-refractivity contribution in [2.24, 2.45) is 0 Å². The molecule has 0 bridgehead atoms. The number of amides is 5. The number of nitrogens with one attached hydrogen (secondary N) is 1. The topological polar surface area (TPSA) is 271 Å². The van der Waals surface area contributed by atoms with E-state index in [1.165, 1.54) is 27.5 Å². The van der Waals surface area contributed by atoms with Crippen molar-refractivity contribution in [3.63, 3.8) is 0 Å². The number of hydrogen-bond acceptors (Lipinski definition) is 20. The summed E-state index contributed by atoms with van der Waals surface area (Å²) in [6.45, 7) is 26.5. The summed E-state index contributed by atoms with van der Waals surface area (Å²) in [5, 5.41) is 7.20. The molecule has 10 heterocycles. The zero-order chi connectivity index (χ0) is 99.0. The van der Waals surface area contributed by atoms with Gasteiger partial charge in [0.15, 0.2) is 35.0 Å². The number of nitrogens with zero attached hydrogens (tertiary/aromatic N) is 5. The first kappa shape index (κ1) is 98.3. The number of piperidine rings is 1. The van der Waals surface area contributed by atoms with Gasteiger partial charge in [0.1, 0.15) is 83.2 Å². The molecule has 144 heavy (non-hydrogen) atoms. The zero-order valence-electron chi connectivity index (χ0n) is 80.1. The molecule has 5 aliphatic carbocycles. The van der Waals surface area contributed by atoms with Crippen molar-refractivity contribution >= 4 is 136 Å². The lowest BCUT2D eigenvalue weighted by molar-refractivity contribution is -0.124. The van der Waals surface area contributed by atoms with Crippen molar-refractivity contribution < 1.29 is 84.9 Å². The van der Waals surface area contributed by atoms with Crippen LogP contribution in [0.4, 0.5) is 4.39 Å². The maximum Gasteiger partial charge on any atom is 0.255 e. The van der Waals surface area contributed by atoms with Crippen LogP contribution in [0.2, 0.25) is 0 Å². The molecule has 6 aliphatic heterocycles. The van der Waals surface area contributed by atoms with E-state index >= 15 is 0 Å². The molecule has 5 amide bonds. The average molecular weight is 1990 g/mol. The smallest absolute Gasteiger partial charge is 0.255 e. The van der Waals surface area contributed by atoms with Crippen molar-refractivity contribution in [1.82, 2.24) is 29.8 Å². The predicted molar refractivity (Wildman–Crippen MR) is 552 cm³/mol. The number of allylic oxidation sites excluding steroid dienone is 5. The number of halogens is 2. The number of para-hydroxylation sites is 2. The van der Waals surface area contributed by atoms with Crippen LogP contribution in [0.1, 0.15) is 223 Å². The van der Waals surface area contributed by atoms with E-state index in [0.717, 1.165) is 173 Å². The monoisotopic (exact) mass is 1990 g/mol. The van der Waals surface area contributed by atoms with E-state index in [4.69, 9.17) is 32.5 Å². The number of carbonyl (C=O) groups excluding carboxylic acids is 10. The van der Waals surface area contributed by atoms with Gasteiger partial charge >= 0.3 is 0 Å². The summed E-state index contributed by atoms with van der Waals surface area (Å²) in [7, 11) is 0. The summed E-state index contributed by atoms with van der Waals surface area (Å²) >= 11 is 3.21. The van der Waals surface area contributed by atoms with Gasteiger partial charge in [-0.1, -0.05) is 152 Å². The van der Waals surface area contributed by atoms with Crippen LogP contribution in [0.3, 0.4) is 0 Å². The largest absolute Gasteiger partial charge is 0.490 e. The zero-order valence-corrected chi connectivity index (χ0v) is 82.5. The summed E-state index contributed by atoms with van der Waals surface area (Å²) in [5.41, 5.74) is 13.9. The number of hydrogen-bond donors (Lipinski definition) is 1. The minimum absolute atomic E-state index is 0. The van der Waals surface area contributed by atoms with E-state index in [2.05, 4.69) is 56.4 Å². The molecule has 11 aliphatic rings. The highest BCUT2D eigenvalue weighted by molar-refractivity contribution is 7.19. The Hall–Kier alpha value is -14.4. The van der Waals surface area contributed by atoms with Gasteiger partial charge in [0, 0.05) is 123 Å². The molecule has 23 nitrogen and oxygen atoms in total. The lowest BCUT2D eigenvalue weighted by Crippen LogP contribution is -2.43. The van der Waals surface area contributed by atoms with Crippen molar-refractivity contribution in [2.75, 3.05) is 13.1 Å². The molecule has 5 saturated carbocycles. The fraction of sp³-hybridized carbons (Fsp3) is 0.299.